The molecule has 2 aromatic heterocycles. The highest BCUT2D eigenvalue weighted by atomic mass is 16.2. The van der Waals surface area contributed by atoms with E-state index in [1.807, 2.05) is 14.0 Å². The van der Waals surface area contributed by atoms with E-state index >= 15 is 0 Å². The molecule has 1 aliphatic heterocycles. The highest BCUT2D eigenvalue weighted by molar-refractivity contribution is 6.12. The normalized spacial score (nSPS) is 21.3. The van der Waals surface area contributed by atoms with Crippen molar-refractivity contribution in [2.75, 3.05) is 17.7 Å². The first-order valence-electron chi connectivity index (χ1n) is 12.4. The van der Waals surface area contributed by atoms with E-state index in [9.17, 15) is 14.4 Å². The Kier molecular flexibility index (Phi) is 7.37. The maximum absolute atomic E-state index is 13.6. The molecule has 10 heteroatoms. The van der Waals surface area contributed by atoms with Gasteiger partial charge in [-0.1, -0.05) is 26.2 Å². The molecule has 1 saturated heterocycles. The average molecular weight is 482 g/mol. The Morgan fingerprint density at radius 1 is 1.26 bits per heavy atom. The van der Waals surface area contributed by atoms with E-state index in [0.717, 1.165) is 42.6 Å². The molecule has 1 unspecified atom stereocenters. The highest BCUT2D eigenvalue weighted by Crippen LogP contribution is 2.34. The number of nitrogen functional groups attached to an aromatic ring is 1. The SMILES string of the molecule is CCC(NC(=O)N1C(=O)[C@H](Cc2ccnc(N)c2)[C@H]1C(=O)N(C)c1cn(C)cn1)C1CCCCC1. The molecule has 2 fully saturated rings. The fourth-order valence-corrected chi connectivity index (χ4v) is 5.33. The molecule has 2 aromatic rings. The van der Waals surface area contributed by atoms with Gasteiger partial charge < -0.3 is 15.6 Å². The Balaban J connectivity index is 1.56. The Hall–Kier alpha value is -3.43. The van der Waals surface area contributed by atoms with Crippen molar-refractivity contribution < 1.29 is 14.4 Å². The second-order valence-corrected chi connectivity index (χ2v) is 9.71. The summed E-state index contributed by atoms with van der Waals surface area (Å²) in [4.78, 5) is 50.9. The molecule has 0 spiro atoms. The summed E-state index contributed by atoms with van der Waals surface area (Å²) in [5.74, 6) is -0.181. The van der Waals surface area contributed by atoms with Crippen LogP contribution in [0.1, 0.15) is 51.0 Å². The van der Waals surface area contributed by atoms with Gasteiger partial charge in [-0.3, -0.25) is 19.4 Å². The number of likely N-dealkylation sites (tertiary alicyclic amines) is 1. The van der Waals surface area contributed by atoms with Gasteiger partial charge in [0.2, 0.25) is 5.91 Å². The minimum atomic E-state index is -0.923. The monoisotopic (exact) mass is 481 g/mol. The summed E-state index contributed by atoms with van der Waals surface area (Å²) in [5.41, 5.74) is 6.60. The van der Waals surface area contributed by atoms with E-state index < -0.39 is 18.0 Å². The molecule has 3 N–H and O–H groups in total. The van der Waals surface area contributed by atoms with Crippen molar-refractivity contribution in [2.45, 2.75) is 64.0 Å². The summed E-state index contributed by atoms with van der Waals surface area (Å²) in [6.07, 6.45) is 11.7. The number of aryl methyl sites for hydroxylation is 1. The molecule has 1 saturated carbocycles. The Morgan fingerprint density at radius 3 is 2.63 bits per heavy atom. The third-order valence-electron chi connectivity index (χ3n) is 7.32. The molecule has 3 atom stereocenters. The third-order valence-corrected chi connectivity index (χ3v) is 7.32. The fourth-order valence-electron chi connectivity index (χ4n) is 5.33. The van der Waals surface area contributed by atoms with Gasteiger partial charge in [0.25, 0.3) is 5.91 Å². The molecule has 10 nitrogen and oxygen atoms in total. The summed E-state index contributed by atoms with van der Waals surface area (Å²) < 4.78 is 1.74. The number of hydrogen-bond acceptors (Lipinski definition) is 6. The molecule has 4 rings (SSSR count). The quantitative estimate of drug-likeness (QED) is 0.585. The number of carbonyl (C=O) groups is 3. The molecular formula is C25H35N7O3. The minimum absolute atomic E-state index is 0.0149. The highest BCUT2D eigenvalue weighted by Gasteiger charge is 2.55. The first-order valence-corrected chi connectivity index (χ1v) is 12.4. The van der Waals surface area contributed by atoms with Crippen LogP contribution in [0.3, 0.4) is 0 Å². The summed E-state index contributed by atoms with van der Waals surface area (Å²) in [6.45, 7) is 2.05. The number of nitrogens with two attached hydrogens (primary N) is 1. The van der Waals surface area contributed by atoms with E-state index in [1.54, 1.807) is 42.5 Å². The minimum Gasteiger partial charge on any atom is -0.384 e. The number of imidazole rings is 1. The molecule has 4 amide bonds. The van der Waals surface area contributed by atoms with Gasteiger partial charge in [0.15, 0.2) is 5.82 Å². The molecule has 0 bridgehead atoms. The lowest BCUT2D eigenvalue weighted by Crippen LogP contribution is -2.71. The topological polar surface area (TPSA) is 126 Å². The van der Waals surface area contributed by atoms with Crippen LogP contribution in [-0.2, 0) is 23.1 Å². The van der Waals surface area contributed by atoms with Gasteiger partial charge in [0.05, 0.1) is 12.2 Å². The number of carbonyl (C=O) groups excluding carboxylic acids is 3. The molecule has 0 aromatic carbocycles. The maximum atomic E-state index is 13.6. The lowest BCUT2D eigenvalue weighted by atomic mass is 9.81. The smallest absolute Gasteiger partial charge is 0.325 e. The Morgan fingerprint density at radius 2 is 2.00 bits per heavy atom. The van der Waals surface area contributed by atoms with Gasteiger partial charge in [-0.15, -0.1) is 0 Å². The predicted molar refractivity (Wildman–Crippen MR) is 132 cm³/mol. The Bertz CT molecular complexity index is 1080. The van der Waals surface area contributed by atoms with Gasteiger partial charge >= 0.3 is 6.03 Å². The summed E-state index contributed by atoms with van der Waals surface area (Å²) in [7, 11) is 3.43. The zero-order valence-electron chi connectivity index (χ0n) is 20.7. The number of aromatic nitrogens is 3. The number of β-lactam (4-membered cyclic amide) rings is 1. The number of imide groups is 1. The first kappa shape index (κ1) is 24.7. The number of nitrogens with zero attached hydrogens (tertiary/aromatic N) is 5. The van der Waals surface area contributed by atoms with Crippen LogP contribution in [0.4, 0.5) is 16.4 Å². The van der Waals surface area contributed by atoms with Gasteiger partial charge in [0, 0.05) is 32.5 Å². The summed E-state index contributed by atoms with van der Waals surface area (Å²) in [5, 5.41) is 3.08. The van der Waals surface area contributed by atoms with Crippen molar-refractivity contribution in [3.8, 4) is 0 Å². The number of pyridine rings is 1. The van der Waals surface area contributed by atoms with Crippen LogP contribution in [0.15, 0.2) is 30.9 Å². The van der Waals surface area contributed by atoms with Crippen LogP contribution in [-0.4, -0.2) is 56.4 Å². The van der Waals surface area contributed by atoms with Crippen molar-refractivity contribution in [1.82, 2.24) is 24.8 Å². The van der Waals surface area contributed by atoms with Crippen molar-refractivity contribution in [2.24, 2.45) is 18.9 Å². The summed E-state index contributed by atoms with van der Waals surface area (Å²) in [6, 6.07) is 2.03. The van der Waals surface area contributed by atoms with Crippen LogP contribution in [0, 0.1) is 11.8 Å². The molecule has 0 radical (unpaired) electrons. The van der Waals surface area contributed by atoms with Crippen molar-refractivity contribution in [1.29, 1.82) is 0 Å². The zero-order chi connectivity index (χ0) is 25.1. The standard InChI is InChI=1S/C25H35N7O3/c1-4-19(17-8-6-5-7-9-17)29-25(35)32-22(24(34)31(3)21-14-30(2)15-28-21)18(23(32)33)12-16-10-11-27-20(26)13-16/h10-11,13-15,17-19,22H,4-9,12H2,1-3H3,(H2,26,27)(H,29,35)/t18-,19?,22+/m1/s1. The largest absolute Gasteiger partial charge is 0.384 e. The van der Waals surface area contributed by atoms with Crippen molar-refractivity contribution in [3.63, 3.8) is 0 Å². The molecule has 1 aliphatic carbocycles. The van der Waals surface area contributed by atoms with E-state index in [2.05, 4.69) is 15.3 Å². The van der Waals surface area contributed by atoms with E-state index in [-0.39, 0.29) is 17.9 Å². The zero-order valence-corrected chi connectivity index (χ0v) is 20.7. The Labute approximate surface area is 205 Å². The van der Waals surface area contributed by atoms with Crippen LogP contribution in [0.25, 0.3) is 0 Å². The van der Waals surface area contributed by atoms with Crippen LogP contribution >= 0.6 is 0 Å². The summed E-state index contributed by atoms with van der Waals surface area (Å²) >= 11 is 0. The van der Waals surface area contributed by atoms with Gasteiger partial charge in [0.1, 0.15) is 11.9 Å². The van der Waals surface area contributed by atoms with E-state index in [4.69, 9.17) is 5.73 Å². The van der Waals surface area contributed by atoms with Crippen LogP contribution < -0.4 is 16.0 Å². The van der Waals surface area contributed by atoms with E-state index in [1.165, 1.54) is 11.3 Å². The number of amides is 4. The number of hydrogen-bond donors (Lipinski definition) is 2. The first-order chi connectivity index (χ1) is 16.8. The van der Waals surface area contributed by atoms with E-state index in [0.29, 0.717) is 24.0 Å². The predicted octanol–water partition coefficient (Wildman–Crippen LogP) is 2.50. The van der Waals surface area contributed by atoms with Gasteiger partial charge in [-0.25, -0.2) is 14.8 Å². The van der Waals surface area contributed by atoms with Crippen molar-refractivity contribution in [3.05, 3.63) is 36.4 Å². The maximum Gasteiger partial charge on any atom is 0.325 e. The number of urea groups is 1. The number of likely N-dealkylation sites (N-methyl/N-ethyl adjacent to an activating group) is 1. The number of nitrogens with one attached hydrogen (secondary N) is 1. The fraction of sp³-hybridized carbons (Fsp3) is 0.560. The lowest BCUT2D eigenvalue weighted by Gasteiger charge is -2.46. The molecule has 3 heterocycles. The number of rotatable bonds is 7. The lowest BCUT2D eigenvalue weighted by molar-refractivity contribution is -0.156. The second-order valence-electron chi connectivity index (χ2n) is 9.71. The third kappa shape index (κ3) is 5.16. The average Bonchev–Trinajstić information content (AvgIpc) is 3.29. The molecule has 188 valence electrons. The molecule has 35 heavy (non-hydrogen) atoms. The van der Waals surface area contributed by atoms with Gasteiger partial charge in [-0.05, 0) is 49.3 Å². The number of anilines is 2. The molecular weight excluding hydrogens is 446 g/mol. The second kappa shape index (κ2) is 10.5. The molecule has 2 aliphatic rings. The van der Waals surface area contributed by atoms with Crippen molar-refractivity contribution >= 4 is 29.5 Å². The van der Waals surface area contributed by atoms with Crippen LogP contribution in [0.2, 0.25) is 0 Å². The van der Waals surface area contributed by atoms with Gasteiger partial charge in [-0.2, -0.15) is 0 Å². The van der Waals surface area contributed by atoms with Crippen LogP contribution in [0.5, 0.6) is 0 Å².